The van der Waals surface area contributed by atoms with Crippen LogP contribution in [0.1, 0.15) is 76.9 Å². The van der Waals surface area contributed by atoms with Gasteiger partial charge in [-0.1, -0.05) is 36.4 Å². The maximum Gasteiger partial charge on any atom is 0.305 e. The molecule has 1 aromatic heterocycles. The third-order valence-corrected chi connectivity index (χ3v) is 9.85. The fraction of sp³-hybridized carbons (Fsp3) is 0.447. The molecular weight excluding hydrogens is 765 g/mol. The Bertz CT molecular complexity index is 1880. The monoisotopic (exact) mass is 826 g/mol. The lowest BCUT2D eigenvalue weighted by Crippen LogP contribution is -2.22. The number of amides is 2. The predicted octanol–water partition coefficient (Wildman–Crippen LogP) is 7.00. The number of ether oxygens (including phenoxy) is 5. The number of aryl methyl sites for hydroxylation is 3. The quantitative estimate of drug-likeness (QED) is 0.0557. The number of hydrogen-bond acceptors (Lipinski definition) is 10. The van der Waals surface area contributed by atoms with Gasteiger partial charge >= 0.3 is 5.97 Å². The van der Waals surface area contributed by atoms with Gasteiger partial charge in [0.2, 0.25) is 5.91 Å². The highest BCUT2D eigenvalue weighted by atomic mass is 16.6. The second-order valence-corrected chi connectivity index (χ2v) is 14.1. The van der Waals surface area contributed by atoms with Gasteiger partial charge in [-0.3, -0.25) is 19.4 Å². The number of aromatic nitrogens is 1. The molecule has 0 radical (unpaired) electrons. The standard InChI is InChI=1S/C37H50N4O9.C10H12/c1-3-41(4-2)31-10-11-33(32(27-31)34-26-29(36(38)44)12-14-39-34)40-37(45)30-9-5-7-28(25-30)8-6-15-46-17-19-48-21-23-50-24-22-49-20-18-47-16-13-35(42)43;1-2-6-10-8-4-3-7-9(10)5-1/h5,7,9-12,14,25-27H,3-4,6,8,13,15-24H2,1-2H3,(H2,38,44)(H,40,45)(H,42,43);1-2,5-6H,3-4,7-8H2. The lowest BCUT2D eigenvalue weighted by atomic mass is 9.92. The predicted molar refractivity (Wildman–Crippen MR) is 234 cm³/mol. The number of nitrogens with one attached hydrogen (secondary N) is 1. The van der Waals surface area contributed by atoms with Gasteiger partial charge in [-0.05, 0) is 112 Å². The highest BCUT2D eigenvalue weighted by molar-refractivity contribution is 6.06. The number of carbonyl (C=O) groups is 3. The van der Waals surface area contributed by atoms with E-state index >= 15 is 0 Å². The number of anilines is 2. The molecule has 324 valence electrons. The summed E-state index contributed by atoms with van der Waals surface area (Å²) in [5.41, 5.74) is 13.4. The van der Waals surface area contributed by atoms with E-state index in [0.29, 0.717) is 87.5 Å². The van der Waals surface area contributed by atoms with Crippen LogP contribution in [0, 0.1) is 0 Å². The molecule has 2 amide bonds. The minimum atomic E-state index is -0.883. The zero-order valence-corrected chi connectivity index (χ0v) is 35.2. The Kier molecular flexibility index (Phi) is 21.8. The third kappa shape index (κ3) is 17.2. The zero-order valence-electron chi connectivity index (χ0n) is 35.2. The Balaban J connectivity index is 0.000000683. The number of fused-ring (bicyclic) bond motifs is 1. The molecule has 4 N–H and O–H groups in total. The van der Waals surface area contributed by atoms with Crippen LogP contribution in [0.4, 0.5) is 11.4 Å². The van der Waals surface area contributed by atoms with Crippen LogP contribution in [0.5, 0.6) is 0 Å². The van der Waals surface area contributed by atoms with E-state index in [1.807, 2.05) is 36.4 Å². The molecule has 13 nitrogen and oxygen atoms in total. The molecule has 0 aliphatic heterocycles. The Labute approximate surface area is 354 Å². The molecule has 0 atom stereocenters. The summed E-state index contributed by atoms with van der Waals surface area (Å²) >= 11 is 0. The number of primary amides is 1. The number of rotatable bonds is 26. The number of nitrogens with two attached hydrogens (primary N) is 1. The minimum absolute atomic E-state index is 0.0145. The second kappa shape index (κ2) is 27.6. The van der Waals surface area contributed by atoms with Gasteiger partial charge < -0.3 is 44.7 Å². The highest BCUT2D eigenvalue weighted by Gasteiger charge is 2.16. The molecule has 4 aromatic rings. The average Bonchev–Trinajstić information content (AvgIpc) is 3.27. The lowest BCUT2D eigenvalue weighted by molar-refractivity contribution is -0.138. The van der Waals surface area contributed by atoms with E-state index in [2.05, 4.69) is 53.3 Å². The van der Waals surface area contributed by atoms with Gasteiger partial charge in [-0.2, -0.15) is 0 Å². The summed E-state index contributed by atoms with van der Waals surface area (Å²) in [4.78, 5) is 42.3. The second-order valence-electron chi connectivity index (χ2n) is 14.1. The maximum atomic E-state index is 13.4. The van der Waals surface area contributed by atoms with Crippen LogP contribution in [0.2, 0.25) is 0 Å². The van der Waals surface area contributed by atoms with Crippen molar-refractivity contribution < 1.29 is 43.2 Å². The first kappa shape index (κ1) is 47.5. The average molecular weight is 827 g/mol. The Morgan fingerprint density at radius 1 is 0.700 bits per heavy atom. The van der Waals surface area contributed by atoms with Crippen molar-refractivity contribution in [3.05, 3.63) is 113 Å². The summed E-state index contributed by atoms with van der Waals surface area (Å²) in [5.74, 6) is -1.68. The van der Waals surface area contributed by atoms with E-state index in [1.165, 1.54) is 31.9 Å². The SMILES string of the molecule is CCN(CC)c1ccc(NC(=O)c2cccc(CCCOCCOCCOCCOCCOCCC(=O)O)c2)c(-c2cc(C(N)=O)ccn2)c1.c1ccc2c(c1)CCCC2. The summed E-state index contributed by atoms with van der Waals surface area (Å²) in [7, 11) is 0. The van der Waals surface area contributed by atoms with Crippen LogP contribution in [0.15, 0.2) is 85.1 Å². The molecule has 1 heterocycles. The van der Waals surface area contributed by atoms with Crippen LogP contribution in [-0.4, -0.2) is 107 Å². The molecule has 1 aliphatic rings. The molecule has 60 heavy (non-hydrogen) atoms. The van der Waals surface area contributed by atoms with Gasteiger partial charge in [-0.25, -0.2) is 0 Å². The van der Waals surface area contributed by atoms with Crippen molar-refractivity contribution in [1.82, 2.24) is 4.98 Å². The summed E-state index contributed by atoms with van der Waals surface area (Å²) in [5, 5.41) is 11.6. The topological polar surface area (TPSA) is 172 Å². The van der Waals surface area contributed by atoms with E-state index < -0.39 is 11.9 Å². The fourth-order valence-electron chi connectivity index (χ4n) is 6.63. The molecule has 3 aromatic carbocycles. The van der Waals surface area contributed by atoms with E-state index in [0.717, 1.165) is 37.2 Å². The van der Waals surface area contributed by atoms with Crippen molar-refractivity contribution >= 4 is 29.2 Å². The van der Waals surface area contributed by atoms with Gasteiger partial charge in [0, 0.05) is 48.3 Å². The fourth-order valence-corrected chi connectivity index (χ4v) is 6.63. The van der Waals surface area contributed by atoms with Gasteiger partial charge in [-0.15, -0.1) is 0 Å². The van der Waals surface area contributed by atoms with E-state index in [1.54, 1.807) is 29.3 Å². The summed E-state index contributed by atoms with van der Waals surface area (Å²) in [6, 6.07) is 25.3. The first-order chi connectivity index (χ1) is 29.3. The molecule has 5 rings (SSSR count). The highest BCUT2D eigenvalue weighted by Crippen LogP contribution is 2.32. The van der Waals surface area contributed by atoms with E-state index in [-0.39, 0.29) is 18.9 Å². The van der Waals surface area contributed by atoms with Crippen LogP contribution in [-0.2, 0) is 47.7 Å². The molecule has 0 unspecified atom stereocenters. The third-order valence-electron chi connectivity index (χ3n) is 9.85. The minimum Gasteiger partial charge on any atom is -0.481 e. The lowest BCUT2D eigenvalue weighted by Gasteiger charge is -2.23. The van der Waals surface area contributed by atoms with Crippen molar-refractivity contribution in [2.45, 2.75) is 58.8 Å². The molecule has 1 aliphatic carbocycles. The van der Waals surface area contributed by atoms with Crippen LogP contribution < -0.4 is 16.0 Å². The largest absolute Gasteiger partial charge is 0.481 e. The molecule has 0 bridgehead atoms. The summed E-state index contributed by atoms with van der Waals surface area (Å²) in [6.07, 6.45) is 8.44. The Morgan fingerprint density at radius 3 is 1.88 bits per heavy atom. The Hall–Kier alpha value is -5.18. The molecule has 0 saturated heterocycles. The van der Waals surface area contributed by atoms with Crippen molar-refractivity contribution in [3.63, 3.8) is 0 Å². The van der Waals surface area contributed by atoms with Crippen molar-refractivity contribution in [1.29, 1.82) is 0 Å². The summed E-state index contributed by atoms with van der Waals surface area (Å²) < 4.78 is 27.2. The van der Waals surface area contributed by atoms with Crippen molar-refractivity contribution in [2.75, 3.05) is 89.4 Å². The summed E-state index contributed by atoms with van der Waals surface area (Å²) in [6.45, 7) is 9.97. The van der Waals surface area contributed by atoms with Gasteiger partial charge in [0.15, 0.2) is 0 Å². The smallest absolute Gasteiger partial charge is 0.305 e. The molecule has 0 fully saturated rings. The number of carboxylic acids is 1. The first-order valence-corrected chi connectivity index (χ1v) is 21.0. The number of carbonyl (C=O) groups excluding carboxylic acids is 2. The number of pyridine rings is 1. The maximum absolute atomic E-state index is 13.4. The molecule has 13 heteroatoms. The molecule has 0 spiro atoms. The van der Waals surface area contributed by atoms with Crippen molar-refractivity contribution in [3.8, 4) is 11.3 Å². The van der Waals surface area contributed by atoms with Crippen LogP contribution >= 0.6 is 0 Å². The normalized spacial score (nSPS) is 11.9. The number of benzene rings is 3. The number of hydrogen-bond donors (Lipinski definition) is 3. The molecular formula is C47H62N4O9. The zero-order chi connectivity index (χ0) is 42.8. The first-order valence-electron chi connectivity index (χ1n) is 21.0. The number of nitrogens with zero attached hydrogens (tertiary/aromatic N) is 2. The number of carboxylic acid groups (broad SMARTS) is 1. The van der Waals surface area contributed by atoms with Crippen LogP contribution in [0.3, 0.4) is 0 Å². The Morgan fingerprint density at radius 2 is 1.30 bits per heavy atom. The van der Waals surface area contributed by atoms with E-state index in [9.17, 15) is 14.4 Å². The number of aliphatic carboxylic acids is 1. The van der Waals surface area contributed by atoms with Crippen LogP contribution in [0.25, 0.3) is 11.3 Å². The van der Waals surface area contributed by atoms with Crippen molar-refractivity contribution in [2.24, 2.45) is 5.73 Å². The van der Waals surface area contributed by atoms with E-state index in [4.69, 9.17) is 34.5 Å². The molecule has 0 saturated carbocycles. The van der Waals surface area contributed by atoms with Gasteiger partial charge in [0.1, 0.15) is 0 Å². The van der Waals surface area contributed by atoms with Gasteiger partial charge in [0.05, 0.1) is 77.3 Å². The van der Waals surface area contributed by atoms with Gasteiger partial charge in [0.25, 0.3) is 5.91 Å².